The van der Waals surface area contributed by atoms with Gasteiger partial charge in [-0.3, -0.25) is 4.90 Å². The molecule has 9 heteroatoms. The quantitative estimate of drug-likeness (QED) is 0.677. The van der Waals surface area contributed by atoms with E-state index < -0.39 is 11.6 Å². The van der Waals surface area contributed by atoms with Gasteiger partial charge >= 0.3 is 0 Å². The van der Waals surface area contributed by atoms with Crippen LogP contribution in [0.2, 0.25) is 0 Å². The van der Waals surface area contributed by atoms with Crippen molar-refractivity contribution in [1.82, 2.24) is 19.7 Å². The molecule has 162 valence electrons. The van der Waals surface area contributed by atoms with Crippen LogP contribution in [0.5, 0.6) is 0 Å². The minimum atomic E-state index is -0.659. The molecule has 0 amide bonds. The first-order valence-corrected chi connectivity index (χ1v) is 10.4. The van der Waals surface area contributed by atoms with Crippen LogP contribution in [0.1, 0.15) is 5.56 Å². The summed E-state index contributed by atoms with van der Waals surface area (Å²) in [6.45, 7) is 7.69. The SMILES string of the molecule is Cc1cc(Nc2ncn(-c3cc(F)cc(F)c3)n2)cc(N2CC(N3CCOCC3)C2)c1. The number of rotatable bonds is 5. The number of aromatic nitrogens is 3. The summed E-state index contributed by atoms with van der Waals surface area (Å²) < 4.78 is 33.8. The van der Waals surface area contributed by atoms with Crippen LogP contribution in [0.25, 0.3) is 5.69 Å². The zero-order valence-corrected chi connectivity index (χ0v) is 17.3. The Bertz CT molecular complexity index is 1060. The van der Waals surface area contributed by atoms with Crippen molar-refractivity contribution in [2.45, 2.75) is 13.0 Å². The molecule has 2 saturated heterocycles. The number of halogens is 2. The summed E-state index contributed by atoms with van der Waals surface area (Å²) in [5.74, 6) is -0.961. The number of nitrogens with zero attached hydrogens (tertiary/aromatic N) is 5. The second kappa shape index (κ2) is 8.24. The number of hydrogen-bond acceptors (Lipinski definition) is 6. The fraction of sp³-hybridized carbons (Fsp3) is 0.364. The van der Waals surface area contributed by atoms with E-state index in [2.05, 4.69) is 44.3 Å². The Morgan fingerprint density at radius 1 is 0.968 bits per heavy atom. The van der Waals surface area contributed by atoms with Gasteiger partial charge in [0.25, 0.3) is 0 Å². The lowest BCUT2D eigenvalue weighted by atomic mass is 10.0. The first-order chi connectivity index (χ1) is 15.0. The Balaban J connectivity index is 1.27. The van der Waals surface area contributed by atoms with Crippen molar-refractivity contribution in [3.8, 4) is 5.69 Å². The molecule has 2 aliphatic heterocycles. The fourth-order valence-corrected chi connectivity index (χ4v) is 4.10. The zero-order valence-electron chi connectivity index (χ0n) is 17.3. The molecule has 0 aliphatic carbocycles. The highest BCUT2D eigenvalue weighted by Crippen LogP contribution is 2.29. The van der Waals surface area contributed by atoms with Crippen LogP contribution in [0.3, 0.4) is 0 Å². The molecule has 0 unspecified atom stereocenters. The van der Waals surface area contributed by atoms with Gasteiger partial charge in [-0.25, -0.2) is 13.5 Å². The van der Waals surface area contributed by atoms with E-state index in [1.54, 1.807) is 0 Å². The summed E-state index contributed by atoms with van der Waals surface area (Å²) >= 11 is 0. The zero-order chi connectivity index (χ0) is 21.4. The summed E-state index contributed by atoms with van der Waals surface area (Å²) in [4.78, 5) is 9.08. The van der Waals surface area contributed by atoms with E-state index in [-0.39, 0.29) is 5.69 Å². The van der Waals surface area contributed by atoms with Crippen molar-refractivity contribution in [3.63, 3.8) is 0 Å². The van der Waals surface area contributed by atoms with Crippen LogP contribution >= 0.6 is 0 Å². The van der Waals surface area contributed by atoms with Gasteiger partial charge in [0.2, 0.25) is 5.95 Å². The summed E-state index contributed by atoms with van der Waals surface area (Å²) in [6.07, 6.45) is 1.43. The topological polar surface area (TPSA) is 58.5 Å². The van der Waals surface area contributed by atoms with Gasteiger partial charge in [0.1, 0.15) is 18.0 Å². The molecule has 3 heterocycles. The minimum Gasteiger partial charge on any atom is -0.379 e. The molecule has 0 saturated carbocycles. The molecule has 0 bridgehead atoms. The molecule has 0 atom stereocenters. The molecule has 5 rings (SSSR count). The van der Waals surface area contributed by atoms with Crippen LogP contribution in [0.15, 0.2) is 42.7 Å². The smallest absolute Gasteiger partial charge is 0.246 e. The molecule has 2 fully saturated rings. The van der Waals surface area contributed by atoms with Gasteiger partial charge < -0.3 is 15.0 Å². The average molecular weight is 426 g/mol. The summed E-state index contributed by atoms with van der Waals surface area (Å²) in [5.41, 5.74) is 3.42. The Labute approximate surface area is 179 Å². The Morgan fingerprint density at radius 2 is 1.71 bits per heavy atom. The van der Waals surface area contributed by atoms with Crippen LogP contribution in [-0.2, 0) is 4.74 Å². The van der Waals surface area contributed by atoms with Crippen LogP contribution in [0.4, 0.5) is 26.1 Å². The van der Waals surface area contributed by atoms with Gasteiger partial charge in [0.05, 0.1) is 18.9 Å². The molecule has 3 aromatic rings. The number of ether oxygens (including phenoxy) is 1. The van der Waals surface area contributed by atoms with Crippen molar-refractivity contribution in [2.75, 3.05) is 49.6 Å². The summed E-state index contributed by atoms with van der Waals surface area (Å²) in [7, 11) is 0. The maximum absolute atomic E-state index is 13.5. The number of morpholine rings is 1. The van der Waals surface area contributed by atoms with E-state index in [9.17, 15) is 8.78 Å². The lowest BCUT2D eigenvalue weighted by Gasteiger charge is -2.47. The normalized spacial score (nSPS) is 17.6. The third-order valence-corrected chi connectivity index (χ3v) is 5.71. The van der Waals surface area contributed by atoms with Gasteiger partial charge in [0.15, 0.2) is 0 Å². The van der Waals surface area contributed by atoms with E-state index in [1.807, 2.05) is 6.07 Å². The first-order valence-electron chi connectivity index (χ1n) is 10.4. The third-order valence-electron chi connectivity index (χ3n) is 5.71. The van der Waals surface area contributed by atoms with E-state index in [0.717, 1.165) is 62.4 Å². The highest BCUT2D eigenvalue weighted by atomic mass is 19.1. The lowest BCUT2D eigenvalue weighted by molar-refractivity contribution is 0.0105. The van der Waals surface area contributed by atoms with E-state index in [0.29, 0.717) is 12.0 Å². The van der Waals surface area contributed by atoms with Gasteiger partial charge in [-0.05, 0) is 42.8 Å². The first kappa shape index (κ1) is 19.9. The molecule has 2 aromatic carbocycles. The Hall–Kier alpha value is -3.04. The number of hydrogen-bond donors (Lipinski definition) is 1. The number of benzene rings is 2. The lowest BCUT2D eigenvalue weighted by Crippen LogP contribution is -2.61. The van der Waals surface area contributed by atoms with E-state index >= 15 is 0 Å². The monoisotopic (exact) mass is 426 g/mol. The molecule has 1 aromatic heterocycles. The highest BCUT2D eigenvalue weighted by Gasteiger charge is 2.32. The van der Waals surface area contributed by atoms with Gasteiger partial charge in [-0.1, -0.05) is 0 Å². The number of aryl methyl sites for hydroxylation is 1. The van der Waals surface area contributed by atoms with Crippen molar-refractivity contribution >= 4 is 17.3 Å². The van der Waals surface area contributed by atoms with Crippen molar-refractivity contribution in [1.29, 1.82) is 0 Å². The van der Waals surface area contributed by atoms with Gasteiger partial charge in [0, 0.05) is 49.7 Å². The summed E-state index contributed by atoms with van der Waals surface area (Å²) in [6, 6.07) is 10.1. The maximum atomic E-state index is 13.5. The third kappa shape index (κ3) is 4.38. The van der Waals surface area contributed by atoms with Crippen molar-refractivity contribution < 1.29 is 13.5 Å². The van der Waals surface area contributed by atoms with E-state index in [1.165, 1.54) is 23.1 Å². The molecule has 31 heavy (non-hydrogen) atoms. The fourth-order valence-electron chi connectivity index (χ4n) is 4.10. The predicted octanol–water partition coefficient (Wildman–Crippen LogP) is 3.12. The predicted molar refractivity (Wildman–Crippen MR) is 114 cm³/mol. The van der Waals surface area contributed by atoms with Crippen LogP contribution in [0, 0.1) is 18.6 Å². The Morgan fingerprint density at radius 3 is 2.45 bits per heavy atom. The molecule has 7 nitrogen and oxygen atoms in total. The number of nitrogens with one attached hydrogen (secondary N) is 1. The van der Waals surface area contributed by atoms with Crippen molar-refractivity contribution in [3.05, 3.63) is 59.9 Å². The highest BCUT2D eigenvalue weighted by molar-refractivity contribution is 5.65. The van der Waals surface area contributed by atoms with Gasteiger partial charge in [-0.2, -0.15) is 4.98 Å². The Kier molecular flexibility index (Phi) is 5.29. The number of anilines is 3. The standard InChI is InChI=1S/C22H24F2N6O/c1-15-6-18(11-19(7-15)29-12-21(13-29)28-2-4-31-5-3-28)26-22-25-14-30(27-22)20-9-16(23)8-17(24)10-20/h6-11,14,21H,2-5,12-13H2,1H3,(H,26,27). The second-order valence-electron chi connectivity index (χ2n) is 8.03. The summed E-state index contributed by atoms with van der Waals surface area (Å²) in [5, 5.41) is 7.50. The molecule has 0 radical (unpaired) electrons. The average Bonchev–Trinajstić information content (AvgIpc) is 3.15. The largest absolute Gasteiger partial charge is 0.379 e. The van der Waals surface area contributed by atoms with E-state index in [4.69, 9.17) is 4.74 Å². The second-order valence-corrected chi connectivity index (χ2v) is 8.03. The minimum absolute atomic E-state index is 0.276. The maximum Gasteiger partial charge on any atom is 0.246 e. The molecular weight excluding hydrogens is 402 g/mol. The molecule has 0 spiro atoms. The van der Waals surface area contributed by atoms with Gasteiger partial charge in [-0.15, -0.1) is 5.10 Å². The molecule has 2 aliphatic rings. The van der Waals surface area contributed by atoms with Crippen LogP contribution < -0.4 is 10.2 Å². The van der Waals surface area contributed by atoms with Crippen LogP contribution in [-0.4, -0.2) is 65.1 Å². The van der Waals surface area contributed by atoms with Crippen molar-refractivity contribution in [2.24, 2.45) is 0 Å². The molecular formula is C22H24F2N6O. The molecule has 1 N–H and O–H groups in total.